The first kappa shape index (κ1) is 13.6. The number of methoxy groups -OCH3 is 1. The number of halogens is 1. The molecule has 108 valence electrons. The molecule has 0 saturated carbocycles. The van der Waals surface area contributed by atoms with Crippen molar-refractivity contribution in [2.45, 2.75) is 12.4 Å². The average Bonchev–Trinajstić information content (AvgIpc) is 3.14. The van der Waals surface area contributed by atoms with Gasteiger partial charge >= 0.3 is 5.97 Å². The van der Waals surface area contributed by atoms with Gasteiger partial charge in [0.25, 0.3) is 0 Å². The van der Waals surface area contributed by atoms with Crippen molar-refractivity contribution in [1.29, 1.82) is 0 Å². The number of nitrogens with zero attached hydrogens (tertiary/aromatic N) is 3. The van der Waals surface area contributed by atoms with E-state index in [0.29, 0.717) is 23.8 Å². The number of alkyl halides is 1. The Balaban J connectivity index is 2.12. The number of esters is 1. The molecule has 0 aliphatic rings. The Labute approximate surface area is 125 Å². The summed E-state index contributed by atoms with van der Waals surface area (Å²) in [7, 11) is 1.35. The van der Waals surface area contributed by atoms with E-state index in [1.54, 1.807) is 24.4 Å². The highest BCUT2D eigenvalue weighted by Gasteiger charge is 2.15. The first-order valence-electron chi connectivity index (χ1n) is 6.24. The van der Waals surface area contributed by atoms with Crippen molar-refractivity contribution in [2.75, 3.05) is 7.11 Å². The first-order valence-corrected chi connectivity index (χ1v) is 6.78. The molecule has 7 heteroatoms. The van der Waals surface area contributed by atoms with E-state index in [1.807, 2.05) is 4.57 Å². The number of imidazole rings is 1. The Hall–Kier alpha value is -2.34. The summed E-state index contributed by atoms with van der Waals surface area (Å²) in [5, 5.41) is 0. The Morgan fingerprint density at radius 3 is 3.00 bits per heavy atom. The van der Waals surface area contributed by atoms with E-state index in [4.69, 9.17) is 20.8 Å². The van der Waals surface area contributed by atoms with E-state index < -0.39 is 5.97 Å². The number of rotatable bonds is 4. The maximum Gasteiger partial charge on any atom is 0.337 e. The summed E-state index contributed by atoms with van der Waals surface area (Å²) in [6, 6.07) is 5.17. The van der Waals surface area contributed by atoms with E-state index in [1.165, 1.54) is 13.4 Å². The molecule has 1 aromatic carbocycles. The van der Waals surface area contributed by atoms with Crippen LogP contribution in [-0.4, -0.2) is 27.6 Å². The van der Waals surface area contributed by atoms with Crippen molar-refractivity contribution in [3.63, 3.8) is 0 Å². The molecule has 0 fully saturated rings. The van der Waals surface area contributed by atoms with Crippen LogP contribution in [0.3, 0.4) is 0 Å². The van der Waals surface area contributed by atoms with Crippen molar-refractivity contribution < 1.29 is 13.9 Å². The molecular formula is C14H12ClN3O3. The molecule has 0 atom stereocenters. The summed E-state index contributed by atoms with van der Waals surface area (Å²) >= 11 is 5.95. The SMILES string of the molecule is COC(=O)c1ccc2nc(CCl)n(Cc3ncco3)c2c1. The summed E-state index contributed by atoms with van der Waals surface area (Å²) in [5.41, 5.74) is 2.00. The van der Waals surface area contributed by atoms with E-state index in [9.17, 15) is 4.79 Å². The molecule has 2 heterocycles. The minimum atomic E-state index is -0.395. The van der Waals surface area contributed by atoms with Gasteiger partial charge in [-0.2, -0.15) is 0 Å². The number of oxazole rings is 1. The van der Waals surface area contributed by atoms with Crippen molar-refractivity contribution in [1.82, 2.24) is 14.5 Å². The summed E-state index contributed by atoms with van der Waals surface area (Å²) < 4.78 is 11.9. The van der Waals surface area contributed by atoms with Crippen LogP contribution in [0, 0.1) is 0 Å². The van der Waals surface area contributed by atoms with Gasteiger partial charge in [-0.1, -0.05) is 0 Å². The second kappa shape index (κ2) is 5.57. The summed E-state index contributed by atoms with van der Waals surface area (Å²) in [6.07, 6.45) is 3.09. The van der Waals surface area contributed by atoms with Crippen LogP contribution in [0.15, 0.2) is 35.1 Å². The fourth-order valence-electron chi connectivity index (χ4n) is 2.16. The lowest BCUT2D eigenvalue weighted by Crippen LogP contribution is -2.05. The monoisotopic (exact) mass is 305 g/mol. The van der Waals surface area contributed by atoms with Crippen molar-refractivity contribution in [3.05, 3.63) is 47.9 Å². The normalized spacial score (nSPS) is 11.0. The van der Waals surface area contributed by atoms with Crippen LogP contribution in [-0.2, 0) is 17.2 Å². The Morgan fingerprint density at radius 2 is 2.33 bits per heavy atom. The number of benzene rings is 1. The zero-order valence-electron chi connectivity index (χ0n) is 11.2. The summed E-state index contributed by atoms with van der Waals surface area (Å²) in [5.74, 6) is 1.09. The number of fused-ring (bicyclic) bond motifs is 1. The maximum atomic E-state index is 11.7. The maximum absolute atomic E-state index is 11.7. The molecule has 6 nitrogen and oxygen atoms in total. The molecule has 0 saturated heterocycles. The number of aromatic nitrogens is 3. The number of hydrogen-bond donors (Lipinski definition) is 0. The van der Waals surface area contributed by atoms with Crippen molar-refractivity contribution >= 4 is 28.6 Å². The van der Waals surface area contributed by atoms with Crippen molar-refractivity contribution in [2.24, 2.45) is 0 Å². The highest BCUT2D eigenvalue weighted by atomic mass is 35.5. The topological polar surface area (TPSA) is 70.2 Å². The first-order chi connectivity index (χ1) is 10.2. The fraction of sp³-hybridized carbons (Fsp3) is 0.214. The van der Waals surface area contributed by atoms with Gasteiger partial charge in [0.15, 0.2) is 0 Å². The summed E-state index contributed by atoms with van der Waals surface area (Å²) in [4.78, 5) is 20.2. The van der Waals surface area contributed by atoms with Gasteiger partial charge in [-0.15, -0.1) is 11.6 Å². The van der Waals surface area contributed by atoms with Gasteiger partial charge in [0.05, 0.1) is 35.8 Å². The Kier molecular flexibility index (Phi) is 3.62. The zero-order valence-corrected chi connectivity index (χ0v) is 12.0. The minimum absolute atomic E-state index is 0.253. The smallest absolute Gasteiger partial charge is 0.337 e. The molecule has 0 spiro atoms. The fourth-order valence-corrected chi connectivity index (χ4v) is 2.37. The molecule has 2 aromatic heterocycles. The van der Waals surface area contributed by atoms with Gasteiger partial charge in [-0.05, 0) is 18.2 Å². The van der Waals surface area contributed by atoms with Crippen molar-refractivity contribution in [3.8, 4) is 0 Å². The molecule has 21 heavy (non-hydrogen) atoms. The van der Waals surface area contributed by atoms with Gasteiger partial charge in [0.1, 0.15) is 18.6 Å². The highest BCUT2D eigenvalue weighted by Crippen LogP contribution is 2.21. The molecule has 0 aliphatic heterocycles. The molecule has 3 rings (SSSR count). The lowest BCUT2D eigenvalue weighted by atomic mass is 10.2. The van der Waals surface area contributed by atoms with Gasteiger partial charge < -0.3 is 13.7 Å². The zero-order chi connectivity index (χ0) is 14.8. The molecule has 0 N–H and O–H groups in total. The Morgan fingerprint density at radius 1 is 1.48 bits per heavy atom. The minimum Gasteiger partial charge on any atom is -0.465 e. The van der Waals surface area contributed by atoms with Gasteiger partial charge in [-0.3, -0.25) is 0 Å². The lowest BCUT2D eigenvalue weighted by molar-refractivity contribution is 0.0601. The predicted molar refractivity (Wildman–Crippen MR) is 76.2 cm³/mol. The van der Waals surface area contributed by atoms with E-state index in [2.05, 4.69) is 9.97 Å². The van der Waals surface area contributed by atoms with E-state index >= 15 is 0 Å². The second-order valence-corrected chi connectivity index (χ2v) is 4.64. The van der Waals surface area contributed by atoms with Crippen LogP contribution in [0.4, 0.5) is 0 Å². The van der Waals surface area contributed by atoms with Crippen LogP contribution in [0.1, 0.15) is 22.1 Å². The third-order valence-electron chi connectivity index (χ3n) is 3.14. The number of hydrogen-bond acceptors (Lipinski definition) is 5. The quantitative estimate of drug-likeness (QED) is 0.547. The molecule has 0 bridgehead atoms. The molecule has 0 unspecified atom stereocenters. The number of carbonyl (C=O) groups excluding carboxylic acids is 1. The predicted octanol–water partition coefficient (Wildman–Crippen LogP) is 2.60. The van der Waals surface area contributed by atoms with Crippen LogP contribution < -0.4 is 0 Å². The molecule has 3 aromatic rings. The third-order valence-corrected chi connectivity index (χ3v) is 3.38. The van der Waals surface area contributed by atoms with E-state index in [0.717, 1.165) is 11.0 Å². The largest absolute Gasteiger partial charge is 0.465 e. The second-order valence-electron chi connectivity index (χ2n) is 4.37. The van der Waals surface area contributed by atoms with Gasteiger partial charge in [-0.25, -0.2) is 14.8 Å². The molecular weight excluding hydrogens is 294 g/mol. The number of carbonyl (C=O) groups is 1. The number of ether oxygens (including phenoxy) is 1. The van der Waals surface area contributed by atoms with Crippen LogP contribution in [0.5, 0.6) is 0 Å². The third kappa shape index (κ3) is 2.50. The summed E-state index contributed by atoms with van der Waals surface area (Å²) in [6.45, 7) is 0.399. The molecule has 0 amide bonds. The molecule has 0 aliphatic carbocycles. The van der Waals surface area contributed by atoms with Crippen LogP contribution in [0.2, 0.25) is 0 Å². The van der Waals surface area contributed by atoms with Gasteiger partial charge in [0.2, 0.25) is 5.89 Å². The Bertz CT molecular complexity index is 780. The standard InChI is InChI=1S/C14H12ClN3O3/c1-20-14(19)9-2-3-10-11(6-9)18(12(7-15)17-10)8-13-16-4-5-21-13/h2-6H,7-8H2,1H3. The van der Waals surface area contributed by atoms with Gasteiger partial charge in [0, 0.05) is 0 Å². The average molecular weight is 306 g/mol. The van der Waals surface area contributed by atoms with Crippen LogP contribution in [0.25, 0.3) is 11.0 Å². The van der Waals surface area contributed by atoms with Crippen LogP contribution >= 0.6 is 11.6 Å². The highest BCUT2D eigenvalue weighted by molar-refractivity contribution is 6.16. The lowest BCUT2D eigenvalue weighted by Gasteiger charge is -2.05. The molecule has 0 radical (unpaired) electrons. The van der Waals surface area contributed by atoms with E-state index in [-0.39, 0.29) is 5.88 Å².